The van der Waals surface area contributed by atoms with Crippen molar-refractivity contribution in [3.05, 3.63) is 64.6 Å². The molecule has 1 amide bonds. The highest BCUT2D eigenvalue weighted by Crippen LogP contribution is 2.44. The number of carbonyl (C=O) groups is 2. The van der Waals surface area contributed by atoms with Gasteiger partial charge in [0.15, 0.2) is 0 Å². The van der Waals surface area contributed by atoms with Crippen molar-refractivity contribution in [1.29, 1.82) is 0 Å². The summed E-state index contributed by atoms with van der Waals surface area (Å²) in [4.78, 5) is 24.0. The molecule has 0 saturated carbocycles. The number of carbonyl (C=O) groups excluding carboxylic acids is 2. The van der Waals surface area contributed by atoms with E-state index in [-0.39, 0.29) is 5.75 Å². The monoisotopic (exact) mass is 421 g/mol. The molecular formula is C19H20BrNO5. The largest absolute Gasteiger partial charge is 0.517 e. The molecule has 0 heterocycles. The number of amides is 1. The fourth-order valence-electron chi connectivity index (χ4n) is 2.41. The Labute approximate surface area is 160 Å². The Morgan fingerprint density at radius 2 is 1.50 bits per heavy atom. The Morgan fingerprint density at radius 1 is 0.923 bits per heavy atom. The molecule has 2 rings (SSSR count). The van der Waals surface area contributed by atoms with E-state index in [1.54, 1.807) is 75.4 Å². The van der Waals surface area contributed by atoms with Crippen LogP contribution in [0.25, 0.3) is 0 Å². The molecule has 0 aliphatic carbocycles. The van der Waals surface area contributed by atoms with E-state index >= 15 is 0 Å². The fourth-order valence-corrected chi connectivity index (χ4v) is 2.68. The van der Waals surface area contributed by atoms with Gasteiger partial charge >= 0.3 is 12.2 Å². The second kappa shape index (κ2) is 7.78. The van der Waals surface area contributed by atoms with Gasteiger partial charge in [0, 0.05) is 15.5 Å². The van der Waals surface area contributed by atoms with E-state index in [1.165, 1.54) is 0 Å². The summed E-state index contributed by atoms with van der Waals surface area (Å²) in [7, 11) is 0. The predicted octanol–water partition coefficient (Wildman–Crippen LogP) is 4.96. The summed E-state index contributed by atoms with van der Waals surface area (Å²) in [5.74, 6) is -1.47. The van der Waals surface area contributed by atoms with Crippen LogP contribution < -0.4 is 10.5 Å². The lowest BCUT2D eigenvalue weighted by molar-refractivity contribution is -0.238. The van der Waals surface area contributed by atoms with Crippen molar-refractivity contribution in [2.45, 2.75) is 26.6 Å². The molecule has 0 aromatic heterocycles. The van der Waals surface area contributed by atoms with Crippen molar-refractivity contribution in [1.82, 2.24) is 0 Å². The normalized spacial score (nSPS) is 13.4. The summed E-state index contributed by atoms with van der Waals surface area (Å²) in [5, 5.41) is 0. The van der Waals surface area contributed by atoms with Crippen molar-refractivity contribution in [2.24, 2.45) is 11.1 Å². The summed E-state index contributed by atoms with van der Waals surface area (Å²) in [6.07, 6.45) is -2.09. The Hall–Kier alpha value is -2.54. The molecule has 0 aliphatic rings. The van der Waals surface area contributed by atoms with Crippen molar-refractivity contribution >= 4 is 28.2 Å². The fraction of sp³-hybridized carbons (Fsp3) is 0.263. The number of rotatable bonds is 4. The molecule has 2 aromatic rings. The van der Waals surface area contributed by atoms with E-state index in [4.69, 9.17) is 19.9 Å². The highest BCUT2D eigenvalue weighted by atomic mass is 79.9. The lowest BCUT2D eigenvalue weighted by Gasteiger charge is -2.41. The van der Waals surface area contributed by atoms with Crippen molar-refractivity contribution < 1.29 is 23.8 Å². The molecule has 0 aliphatic heterocycles. The third kappa shape index (κ3) is 4.54. The standard InChI is InChI=1S/C19H20BrNO5/c1-18(2,3)19(25-16(21)22,13-7-5-4-6-8-13)26-17(23)24-15-11-9-14(20)10-12-15/h4-12H,1-3H3,(H2,21,22). The van der Waals surface area contributed by atoms with Crippen molar-refractivity contribution in [3.8, 4) is 5.75 Å². The molecule has 0 bridgehead atoms. The molecular weight excluding hydrogens is 402 g/mol. The van der Waals surface area contributed by atoms with Crippen LogP contribution in [0.15, 0.2) is 59.1 Å². The first-order valence-electron chi connectivity index (χ1n) is 7.84. The number of hydrogen-bond donors (Lipinski definition) is 1. The number of benzene rings is 2. The molecule has 1 unspecified atom stereocenters. The van der Waals surface area contributed by atoms with Crippen LogP contribution in [0.2, 0.25) is 0 Å². The number of nitrogens with two attached hydrogens (primary N) is 1. The Bertz CT molecular complexity index is 771. The first-order valence-corrected chi connectivity index (χ1v) is 8.64. The highest BCUT2D eigenvalue weighted by molar-refractivity contribution is 9.10. The molecule has 6 nitrogen and oxygen atoms in total. The van der Waals surface area contributed by atoms with Gasteiger partial charge in [-0.15, -0.1) is 0 Å². The molecule has 0 radical (unpaired) electrons. The molecule has 0 saturated heterocycles. The predicted molar refractivity (Wildman–Crippen MR) is 99.5 cm³/mol. The Balaban J connectivity index is 2.38. The molecule has 138 valence electrons. The van der Waals surface area contributed by atoms with Crippen LogP contribution in [-0.4, -0.2) is 12.2 Å². The number of primary amides is 1. The zero-order valence-electron chi connectivity index (χ0n) is 14.7. The van der Waals surface area contributed by atoms with Gasteiger partial charge in [-0.1, -0.05) is 67.0 Å². The number of halogens is 1. The topological polar surface area (TPSA) is 87.9 Å². The van der Waals surface area contributed by atoms with E-state index in [1.807, 2.05) is 0 Å². The van der Waals surface area contributed by atoms with Gasteiger partial charge in [0.1, 0.15) is 5.75 Å². The van der Waals surface area contributed by atoms with Crippen LogP contribution in [-0.2, 0) is 15.3 Å². The first-order chi connectivity index (χ1) is 12.1. The van der Waals surface area contributed by atoms with E-state index in [2.05, 4.69) is 15.9 Å². The highest BCUT2D eigenvalue weighted by Gasteiger charge is 2.51. The molecule has 26 heavy (non-hydrogen) atoms. The van der Waals surface area contributed by atoms with Gasteiger partial charge in [-0.3, -0.25) is 0 Å². The lowest BCUT2D eigenvalue weighted by Crippen LogP contribution is -2.49. The number of ether oxygens (including phenoxy) is 3. The van der Waals surface area contributed by atoms with Gasteiger partial charge in [-0.25, -0.2) is 9.59 Å². The summed E-state index contributed by atoms with van der Waals surface area (Å²) < 4.78 is 16.9. The molecule has 2 N–H and O–H groups in total. The first kappa shape index (κ1) is 19.8. The smallest absolute Gasteiger partial charge is 0.401 e. The third-order valence-electron chi connectivity index (χ3n) is 3.63. The summed E-state index contributed by atoms with van der Waals surface area (Å²) in [5.41, 5.74) is 4.89. The van der Waals surface area contributed by atoms with Gasteiger partial charge in [0.25, 0.3) is 5.79 Å². The third-order valence-corrected chi connectivity index (χ3v) is 4.16. The van der Waals surface area contributed by atoms with Gasteiger partial charge in [0.2, 0.25) is 0 Å². The van der Waals surface area contributed by atoms with E-state index in [9.17, 15) is 9.59 Å². The summed E-state index contributed by atoms with van der Waals surface area (Å²) >= 11 is 3.30. The molecule has 1 atom stereocenters. The SMILES string of the molecule is CC(C)(C)C(OC(N)=O)(OC(=O)Oc1ccc(Br)cc1)c1ccccc1. The minimum Gasteiger partial charge on any atom is -0.401 e. The molecule has 0 spiro atoms. The maximum absolute atomic E-state index is 12.4. The minimum atomic E-state index is -1.76. The average Bonchev–Trinajstić information content (AvgIpc) is 2.55. The second-order valence-corrected chi connectivity index (χ2v) is 7.48. The van der Waals surface area contributed by atoms with Gasteiger partial charge in [-0.2, -0.15) is 0 Å². The summed E-state index contributed by atoms with van der Waals surface area (Å²) in [6, 6.07) is 15.3. The van der Waals surface area contributed by atoms with Crippen LogP contribution in [0.4, 0.5) is 9.59 Å². The van der Waals surface area contributed by atoms with Crippen LogP contribution in [0.3, 0.4) is 0 Å². The van der Waals surface area contributed by atoms with Crippen LogP contribution in [0.1, 0.15) is 26.3 Å². The average molecular weight is 422 g/mol. The number of hydrogen-bond acceptors (Lipinski definition) is 5. The zero-order valence-corrected chi connectivity index (χ0v) is 16.3. The summed E-state index contributed by atoms with van der Waals surface area (Å²) in [6.45, 7) is 5.28. The van der Waals surface area contributed by atoms with E-state index in [0.717, 1.165) is 4.47 Å². The van der Waals surface area contributed by atoms with Crippen molar-refractivity contribution in [3.63, 3.8) is 0 Å². The molecule has 0 fully saturated rings. The Kier molecular flexibility index (Phi) is 5.92. The van der Waals surface area contributed by atoms with Crippen LogP contribution >= 0.6 is 15.9 Å². The molecule has 2 aromatic carbocycles. The molecule has 7 heteroatoms. The minimum absolute atomic E-state index is 0.285. The van der Waals surface area contributed by atoms with Gasteiger partial charge < -0.3 is 19.9 Å². The second-order valence-electron chi connectivity index (χ2n) is 6.56. The maximum atomic E-state index is 12.4. The van der Waals surface area contributed by atoms with Gasteiger partial charge in [-0.05, 0) is 24.3 Å². The van der Waals surface area contributed by atoms with E-state index in [0.29, 0.717) is 5.56 Å². The van der Waals surface area contributed by atoms with Crippen molar-refractivity contribution in [2.75, 3.05) is 0 Å². The van der Waals surface area contributed by atoms with Gasteiger partial charge in [0.05, 0.1) is 0 Å². The van der Waals surface area contributed by atoms with Crippen LogP contribution in [0.5, 0.6) is 5.75 Å². The van der Waals surface area contributed by atoms with Crippen LogP contribution in [0, 0.1) is 5.41 Å². The zero-order chi connectivity index (χ0) is 19.4. The van der Waals surface area contributed by atoms with E-state index < -0.39 is 23.5 Å². The Morgan fingerprint density at radius 3 is 2.00 bits per heavy atom. The maximum Gasteiger partial charge on any atom is 0.517 e. The lowest BCUT2D eigenvalue weighted by atomic mass is 9.80. The quantitative estimate of drug-likeness (QED) is 0.428.